The summed E-state index contributed by atoms with van der Waals surface area (Å²) >= 11 is 3.39. The summed E-state index contributed by atoms with van der Waals surface area (Å²) in [6.07, 6.45) is 4.37. The number of benzene rings is 2. The van der Waals surface area contributed by atoms with Crippen LogP contribution in [0.2, 0.25) is 0 Å². The van der Waals surface area contributed by atoms with Gasteiger partial charge in [0.05, 0.1) is 0 Å². The van der Waals surface area contributed by atoms with Gasteiger partial charge in [-0.2, -0.15) is 0 Å². The van der Waals surface area contributed by atoms with Crippen LogP contribution < -0.4 is 0 Å². The summed E-state index contributed by atoms with van der Waals surface area (Å²) in [5, 5.41) is 9.37. The number of carbonyl (C=O) groups is 1. The maximum Gasteiger partial charge on any atom is 0.151 e. The van der Waals surface area contributed by atoms with E-state index in [0.29, 0.717) is 5.56 Å². The van der Waals surface area contributed by atoms with Crippen molar-refractivity contribution in [2.45, 2.75) is 0 Å². The van der Waals surface area contributed by atoms with Crippen molar-refractivity contribution in [3.63, 3.8) is 0 Å². The number of phenols is 1. The SMILES string of the molecule is O=Cc1ccc(-n2ccnc2-c2ccc(O)cc2)cc1Br. The molecule has 104 valence electrons. The lowest BCUT2D eigenvalue weighted by molar-refractivity contribution is 0.112. The average Bonchev–Trinajstić information content (AvgIpc) is 2.97. The van der Waals surface area contributed by atoms with Crippen LogP contribution in [0.5, 0.6) is 5.75 Å². The Bertz CT molecular complexity index is 794. The number of nitrogens with zero attached hydrogens (tertiary/aromatic N) is 2. The highest BCUT2D eigenvalue weighted by molar-refractivity contribution is 9.10. The minimum Gasteiger partial charge on any atom is -0.508 e. The number of carbonyl (C=O) groups excluding carboxylic acids is 1. The van der Waals surface area contributed by atoms with Crippen molar-refractivity contribution in [1.82, 2.24) is 9.55 Å². The molecule has 1 heterocycles. The Balaban J connectivity index is 2.08. The highest BCUT2D eigenvalue weighted by Crippen LogP contribution is 2.25. The quantitative estimate of drug-likeness (QED) is 0.736. The van der Waals surface area contributed by atoms with Gasteiger partial charge < -0.3 is 5.11 Å². The molecule has 1 N–H and O–H groups in total. The summed E-state index contributed by atoms with van der Waals surface area (Å²) in [5.74, 6) is 0.982. The molecule has 0 atom stereocenters. The normalized spacial score (nSPS) is 10.5. The number of hydrogen-bond acceptors (Lipinski definition) is 3. The molecule has 4 nitrogen and oxygen atoms in total. The Morgan fingerprint density at radius 3 is 2.57 bits per heavy atom. The summed E-state index contributed by atoms with van der Waals surface area (Å²) in [7, 11) is 0. The van der Waals surface area contributed by atoms with Crippen LogP contribution in [0.3, 0.4) is 0 Å². The molecule has 0 fully saturated rings. The second-order valence-corrected chi connectivity index (χ2v) is 5.35. The van der Waals surface area contributed by atoms with E-state index in [1.165, 1.54) is 0 Å². The van der Waals surface area contributed by atoms with Crippen LogP contribution in [0.25, 0.3) is 17.1 Å². The molecular formula is C16H11BrN2O2. The third kappa shape index (κ3) is 2.60. The lowest BCUT2D eigenvalue weighted by Gasteiger charge is -2.09. The fourth-order valence-electron chi connectivity index (χ4n) is 2.10. The van der Waals surface area contributed by atoms with Gasteiger partial charge in [0.25, 0.3) is 0 Å². The summed E-state index contributed by atoms with van der Waals surface area (Å²) in [5.41, 5.74) is 2.39. The molecule has 0 bridgehead atoms. The summed E-state index contributed by atoms with van der Waals surface area (Å²) < 4.78 is 2.66. The first-order chi connectivity index (χ1) is 10.2. The molecule has 5 heteroatoms. The molecule has 0 saturated carbocycles. The number of rotatable bonds is 3. The maximum absolute atomic E-state index is 10.9. The van der Waals surface area contributed by atoms with Gasteiger partial charge >= 0.3 is 0 Å². The average molecular weight is 343 g/mol. The predicted molar refractivity (Wildman–Crippen MR) is 83.8 cm³/mol. The largest absolute Gasteiger partial charge is 0.508 e. The topological polar surface area (TPSA) is 55.1 Å². The number of imidazole rings is 1. The van der Waals surface area contributed by atoms with Crippen molar-refractivity contribution in [2.24, 2.45) is 0 Å². The lowest BCUT2D eigenvalue weighted by Crippen LogP contribution is -1.97. The molecule has 0 aliphatic carbocycles. The first kappa shape index (κ1) is 13.6. The van der Waals surface area contributed by atoms with E-state index in [4.69, 9.17) is 0 Å². The fraction of sp³-hybridized carbons (Fsp3) is 0. The Hall–Kier alpha value is -2.40. The van der Waals surface area contributed by atoms with Crippen LogP contribution in [0.4, 0.5) is 0 Å². The zero-order valence-electron chi connectivity index (χ0n) is 10.9. The van der Waals surface area contributed by atoms with Crippen LogP contribution in [0.1, 0.15) is 10.4 Å². The molecule has 0 radical (unpaired) electrons. The molecular weight excluding hydrogens is 332 g/mol. The molecule has 1 aromatic heterocycles. The van der Waals surface area contributed by atoms with Gasteiger partial charge in [-0.1, -0.05) is 0 Å². The Morgan fingerprint density at radius 2 is 1.90 bits per heavy atom. The zero-order valence-corrected chi connectivity index (χ0v) is 12.5. The van der Waals surface area contributed by atoms with Gasteiger partial charge in [0.1, 0.15) is 11.6 Å². The molecule has 3 rings (SSSR count). The van der Waals surface area contributed by atoms with Gasteiger partial charge in [-0.25, -0.2) is 4.98 Å². The van der Waals surface area contributed by atoms with Crippen molar-refractivity contribution in [3.8, 4) is 22.8 Å². The van der Waals surface area contributed by atoms with E-state index >= 15 is 0 Å². The molecule has 3 aromatic rings. The number of hydrogen-bond donors (Lipinski definition) is 1. The number of halogens is 1. The van der Waals surface area contributed by atoms with Crippen molar-refractivity contribution in [1.29, 1.82) is 0 Å². The highest BCUT2D eigenvalue weighted by Gasteiger charge is 2.09. The van der Waals surface area contributed by atoms with Gasteiger partial charge in [0, 0.05) is 33.7 Å². The smallest absolute Gasteiger partial charge is 0.151 e. The maximum atomic E-state index is 10.9. The number of aromatic hydroxyl groups is 1. The minimum atomic E-state index is 0.218. The van der Waals surface area contributed by atoms with Gasteiger partial charge in [-0.05, 0) is 58.4 Å². The van der Waals surface area contributed by atoms with E-state index in [1.54, 1.807) is 24.4 Å². The van der Waals surface area contributed by atoms with Crippen molar-refractivity contribution in [2.75, 3.05) is 0 Å². The third-order valence-corrected chi connectivity index (χ3v) is 3.84. The van der Waals surface area contributed by atoms with Crippen LogP contribution in [0.15, 0.2) is 59.3 Å². The molecule has 0 saturated heterocycles. The number of phenolic OH excluding ortho intramolecular Hbond substituents is 1. The summed E-state index contributed by atoms with van der Waals surface area (Å²) in [4.78, 5) is 15.2. The molecule has 2 aromatic carbocycles. The van der Waals surface area contributed by atoms with Crippen LogP contribution in [-0.2, 0) is 0 Å². The molecule has 0 spiro atoms. The molecule has 21 heavy (non-hydrogen) atoms. The van der Waals surface area contributed by atoms with Crippen LogP contribution in [-0.4, -0.2) is 20.9 Å². The van der Waals surface area contributed by atoms with Gasteiger partial charge in [-0.3, -0.25) is 9.36 Å². The van der Waals surface area contributed by atoms with E-state index in [1.807, 2.05) is 35.0 Å². The number of aromatic nitrogens is 2. The van der Waals surface area contributed by atoms with E-state index in [9.17, 15) is 9.90 Å². The van der Waals surface area contributed by atoms with Crippen LogP contribution >= 0.6 is 15.9 Å². The second-order valence-electron chi connectivity index (χ2n) is 4.49. The fourth-order valence-corrected chi connectivity index (χ4v) is 2.56. The minimum absolute atomic E-state index is 0.218. The summed E-state index contributed by atoms with van der Waals surface area (Å²) in [6.45, 7) is 0. The molecule has 0 aliphatic heterocycles. The van der Waals surface area contributed by atoms with E-state index in [-0.39, 0.29) is 5.75 Å². The first-order valence-corrected chi connectivity index (χ1v) is 7.06. The van der Waals surface area contributed by atoms with Gasteiger partial charge in [-0.15, -0.1) is 0 Å². The Morgan fingerprint density at radius 1 is 1.14 bits per heavy atom. The Kier molecular flexibility index (Phi) is 3.58. The summed E-state index contributed by atoms with van der Waals surface area (Å²) in [6, 6.07) is 12.4. The highest BCUT2D eigenvalue weighted by atomic mass is 79.9. The first-order valence-electron chi connectivity index (χ1n) is 6.27. The van der Waals surface area contributed by atoms with Crippen molar-refractivity contribution < 1.29 is 9.90 Å². The van der Waals surface area contributed by atoms with Crippen molar-refractivity contribution >= 4 is 22.2 Å². The van der Waals surface area contributed by atoms with E-state index in [2.05, 4.69) is 20.9 Å². The van der Waals surface area contributed by atoms with Crippen molar-refractivity contribution in [3.05, 3.63) is 64.9 Å². The van der Waals surface area contributed by atoms with E-state index < -0.39 is 0 Å². The predicted octanol–water partition coefficient (Wildman–Crippen LogP) is 3.82. The molecule has 0 unspecified atom stereocenters. The molecule has 0 amide bonds. The zero-order chi connectivity index (χ0) is 14.8. The van der Waals surface area contributed by atoms with Crippen LogP contribution in [0, 0.1) is 0 Å². The second kappa shape index (κ2) is 5.54. The monoisotopic (exact) mass is 342 g/mol. The number of aldehydes is 1. The van der Waals surface area contributed by atoms with Gasteiger partial charge in [0.2, 0.25) is 0 Å². The Labute approximate surface area is 129 Å². The lowest BCUT2D eigenvalue weighted by atomic mass is 10.2. The van der Waals surface area contributed by atoms with Gasteiger partial charge in [0.15, 0.2) is 6.29 Å². The standard InChI is InChI=1S/C16H11BrN2O2/c17-15-9-13(4-1-12(15)10-20)19-8-7-18-16(19)11-2-5-14(21)6-3-11/h1-10,21H. The molecule has 0 aliphatic rings. The third-order valence-electron chi connectivity index (χ3n) is 3.16. The van der Waals surface area contributed by atoms with E-state index in [0.717, 1.165) is 27.8 Å².